The molecular formula is C23H18NO3P. The predicted molar refractivity (Wildman–Crippen MR) is 112 cm³/mol. The van der Waals surface area contributed by atoms with Crippen molar-refractivity contribution in [1.82, 2.24) is 0 Å². The molecule has 28 heavy (non-hydrogen) atoms. The van der Waals surface area contributed by atoms with Crippen LogP contribution in [0.2, 0.25) is 0 Å². The molecule has 1 aliphatic heterocycles. The summed E-state index contributed by atoms with van der Waals surface area (Å²) in [5, 5.41) is 1.11. The highest BCUT2D eigenvalue weighted by atomic mass is 31.2. The lowest BCUT2D eigenvalue weighted by Gasteiger charge is -2.30. The number of ketones is 1. The predicted octanol–water partition coefficient (Wildman–Crippen LogP) is 3.50. The minimum absolute atomic E-state index is 0.0463. The summed E-state index contributed by atoms with van der Waals surface area (Å²) in [5.41, 5.74) is 0.610. The van der Waals surface area contributed by atoms with Gasteiger partial charge in [0.2, 0.25) is 0 Å². The molecule has 1 heterocycles. The van der Waals surface area contributed by atoms with Crippen molar-refractivity contribution in [2.75, 3.05) is 11.4 Å². The van der Waals surface area contributed by atoms with Crippen molar-refractivity contribution in [2.45, 2.75) is 0 Å². The first-order chi connectivity index (χ1) is 13.6. The summed E-state index contributed by atoms with van der Waals surface area (Å²) < 4.78 is 14.4. The van der Waals surface area contributed by atoms with Crippen LogP contribution in [0.5, 0.6) is 0 Å². The van der Waals surface area contributed by atoms with Crippen molar-refractivity contribution >= 4 is 35.1 Å². The summed E-state index contributed by atoms with van der Waals surface area (Å²) in [6, 6.07) is 26.8. The van der Waals surface area contributed by atoms with E-state index in [0.717, 1.165) is 0 Å². The van der Waals surface area contributed by atoms with Gasteiger partial charge in [-0.25, -0.2) is 0 Å². The molecule has 4 rings (SSSR count). The minimum Gasteiger partial charge on any atom is -0.308 e. The number of para-hydroxylation sites is 1. The summed E-state index contributed by atoms with van der Waals surface area (Å²) in [7, 11) is -3.50. The van der Waals surface area contributed by atoms with E-state index >= 15 is 0 Å². The molecule has 0 N–H and O–H groups in total. The maximum absolute atomic E-state index is 14.4. The Balaban J connectivity index is 1.90. The Morgan fingerprint density at radius 1 is 0.679 bits per heavy atom. The molecule has 0 radical (unpaired) electrons. The first-order valence-electron chi connectivity index (χ1n) is 8.94. The Labute approximate surface area is 163 Å². The Bertz CT molecular complexity index is 1050. The quantitative estimate of drug-likeness (QED) is 0.644. The molecule has 1 aliphatic rings. The molecule has 0 unspecified atom stereocenters. The molecule has 5 heteroatoms. The molecular weight excluding hydrogens is 369 g/mol. The molecule has 0 bridgehead atoms. The zero-order chi connectivity index (χ0) is 19.6. The van der Waals surface area contributed by atoms with Gasteiger partial charge in [-0.2, -0.15) is 0 Å². The lowest BCUT2D eigenvalue weighted by molar-refractivity contribution is -0.119. The average molecular weight is 387 g/mol. The third kappa shape index (κ3) is 3.12. The maximum Gasteiger partial charge on any atom is 0.262 e. The molecule has 0 spiro atoms. The number of rotatable bonds is 4. The second kappa shape index (κ2) is 7.41. The molecule has 3 aromatic carbocycles. The van der Waals surface area contributed by atoms with Gasteiger partial charge in [0.05, 0.1) is 11.9 Å². The van der Waals surface area contributed by atoms with Gasteiger partial charge in [-0.15, -0.1) is 0 Å². The van der Waals surface area contributed by atoms with Crippen molar-refractivity contribution in [1.29, 1.82) is 0 Å². The fourth-order valence-corrected chi connectivity index (χ4v) is 6.13. The Hall–Kier alpha value is -3.23. The van der Waals surface area contributed by atoms with Crippen LogP contribution in [0.15, 0.2) is 102 Å². The van der Waals surface area contributed by atoms with Crippen molar-refractivity contribution in [3.63, 3.8) is 0 Å². The molecule has 3 aromatic rings. The van der Waals surface area contributed by atoms with Gasteiger partial charge < -0.3 is 9.46 Å². The van der Waals surface area contributed by atoms with Gasteiger partial charge in [0.1, 0.15) is 0 Å². The Morgan fingerprint density at radius 3 is 1.64 bits per heavy atom. The normalized spacial score (nSPS) is 14.7. The van der Waals surface area contributed by atoms with Crippen molar-refractivity contribution in [3.8, 4) is 0 Å². The van der Waals surface area contributed by atoms with Gasteiger partial charge in [0.15, 0.2) is 12.9 Å². The molecule has 0 aromatic heterocycles. The van der Waals surface area contributed by atoms with Gasteiger partial charge in [-0.05, 0) is 18.2 Å². The fourth-order valence-electron chi connectivity index (χ4n) is 3.37. The van der Waals surface area contributed by atoms with E-state index in [1.165, 1.54) is 11.0 Å². The van der Waals surface area contributed by atoms with E-state index in [-0.39, 0.29) is 17.6 Å². The van der Waals surface area contributed by atoms with Crippen molar-refractivity contribution in [2.24, 2.45) is 0 Å². The molecule has 0 saturated carbocycles. The first-order valence-corrected chi connectivity index (χ1v) is 10.6. The highest BCUT2D eigenvalue weighted by Crippen LogP contribution is 2.53. The van der Waals surface area contributed by atoms with E-state index in [1.54, 1.807) is 72.8 Å². The summed E-state index contributed by atoms with van der Waals surface area (Å²) in [6.07, 6.45) is 1.27. The summed E-state index contributed by atoms with van der Waals surface area (Å²) in [4.78, 5) is 27.3. The zero-order valence-electron chi connectivity index (χ0n) is 15.1. The molecule has 4 nitrogen and oxygen atoms in total. The van der Waals surface area contributed by atoms with Gasteiger partial charge in [0.25, 0.3) is 5.91 Å². The number of carbonyl (C=O) groups excluding carboxylic acids is 2. The van der Waals surface area contributed by atoms with Crippen molar-refractivity contribution in [3.05, 3.63) is 102 Å². The first kappa shape index (κ1) is 18.1. The molecule has 138 valence electrons. The van der Waals surface area contributed by atoms with Gasteiger partial charge >= 0.3 is 0 Å². The van der Waals surface area contributed by atoms with Crippen LogP contribution in [0.1, 0.15) is 0 Å². The number of amides is 1. The smallest absolute Gasteiger partial charge is 0.262 e. The standard InChI is InChI=1S/C23H18NO3P/c25-19-16-22(23(26)24(17-19)18-10-4-1-5-11-18)28(27,20-12-6-2-7-13-20)21-14-8-3-9-15-21/h1-16H,17H2. The second-order valence-electron chi connectivity index (χ2n) is 6.50. The molecule has 1 amide bonds. The number of carbonyl (C=O) groups is 2. The number of hydrogen-bond acceptors (Lipinski definition) is 3. The van der Waals surface area contributed by atoms with Gasteiger partial charge in [-0.1, -0.05) is 78.9 Å². The van der Waals surface area contributed by atoms with Gasteiger partial charge in [-0.3, -0.25) is 9.59 Å². The average Bonchev–Trinajstić information content (AvgIpc) is 2.76. The largest absolute Gasteiger partial charge is 0.308 e. The SMILES string of the molecule is O=C1C=C(P(=O)(c2ccccc2)c2ccccc2)C(=O)N(c2ccccc2)C1. The van der Waals surface area contributed by atoms with E-state index in [0.29, 0.717) is 16.3 Å². The van der Waals surface area contributed by atoms with Crippen LogP contribution in [-0.4, -0.2) is 18.2 Å². The number of anilines is 1. The highest BCUT2D eigenvalue weighted by Gasteiger charge is 2.41. The fraction of sp³-hybridized carbons (Fsp3) is 0.0435. The van der Waals surface area contributed by atoms with Crippen LogP contribution in [0, 0.1) is 0 Å². The molecule has 0 fully saturated rings. The van der Waals surface area contributed by atoms with Gasteiger partial charge in [0, 0.05) is 16.3 Å². The van der Waals surface area contributed by atoms with Crippen molar-refractivity contribution < 1.29 is 14.2 Å². The number of benzene rings is 3. The Morgan fingerprint density at radius 2 is 1.14 bits per heavy atom. The molecule has 0 aliphatic carbocycles. The molecule has 0 atom stereocenters. The second-order valence-corrected chi connectivity index (χ2v) is 9.24. The van der Waals surface area contributed by atoms with E-state index < -0.39 is 13.0 Å². The molecule has 0 saturated heterocycles. The Kier molecular flexibility index (Phi) is 4.81. The number of nitrogens with zero attached hydrogens (tertiary/aromatic N) is 1. The monoisotopic (exact) mass is 387 g/mol. The third-order valence-electron chi connectivity index (χ3n) is 4.72. The lowest BCUT2D eigenvalue weighted by Crippen LogP contribution is -2.41. The van der Waals surface area contributed by atoms with Crippen LogP contribution in [0.3, 0.4) is 0 Å². The topological polar surface area (TPSA) is 54.5 Å². The zero-order valence-corrected chi connectivity index (χ0v) is 16.0. The summed E-state index contributed by atoms with van der Waals surface area (Å²) >= 11 is 0. The summed E-state index contributed by atoms with van der Waals surface area (Å²) in [5.74, 6) is -0.646. The van der Waals surface area contributed by atoms with Crippen LogP contribution in [0.25, 0.3) is 0 Å². The van der Waals surface area contributed by atoms with E-state index in [4.69, 9.17) is 0 Å². The lowest BCUT2D eigenvalue weighted by atomic mass is 10.2. The minimum atomic E-state index is -3.50. The van der Waals surface area contributed by atoms with Crippen LogP contribution >= 0.6 is 7.14 Å². The third-order valence-corrected chi connectivity index (χ3v) is 7.77. The van der Waals surface area contributed by atoms with E-state index in [2.05, 4.69) is 0 Å². The van der Waals surface area contributed by atoms with Crippen LogP contribution in [0.4, 0.5) is 5.69 Å². The van der Waals surface area contributed by atoms with E-state index in [9.17, 15) is 14.2 Å². The summed E-state index contributed by atoms with van der Waals surface area (Å²) in [6.45, 7) is -0.0596. The van der Waals surface area contributed by atoms with E-state index in [1.807, 2.05) is 18.2 Å². The maximum atomic E-state index is 14.4. The number of hydrogen-bond donors (Lipinski definition) is 0. The highest BCUT2D eigenvalue weighted by molar-refractivity contribution is 7.83. The van der Waals surface area contributed by atoms with Crippen LogP contribution in [-0.2, 0) is 14.2 Å². The van der Waals surface area contributed by atoms with Crippen LogP contribution < -0.4 is 15.5 Å².